The van der Waals surface area contributed by atoms with Crippen molar-refractivity contribution in [2.24, 2.45) is 0 Å². The van der Waals surface area contributed by atoms with E-state index in [-0.39, 0.29) is 12.4 Å². The molecule has 1 nitrogen and oxygen atoms in total. The van der Waals surface area contributed by atoms with Gasteiger partial charge in [-0.15, -0.1) is 12.4 Å². The van der Waals surface area contributed by atoms with E-state index in [1.165, 1.54) is 16.8 Å². The molecular weight excluding hydrogens is 266 g/mol. The number of nitrogens with zero attached hydrogens (tertiary/aromatic N) is 1. The van der Waals surface area contributed by atoms with Gasteiger partial charge < -0.3 is 4.90 Å². The predicted molar refractivity (Wildman–Crippen MR) is 89.3 cm³/mol. The first-order valence-electron chi connectivity index (χ1n) is 6.70. The van der Waals surface area contributed by atoms with Crippen LogP contribution >= 0.6 is 12.4 Å². The van der Waals surface area contributed by atoms with Gasteiger partial charge >= 0.3 is 0 Å². The Morgan fingerprint density at radius 1 is 0.850 bits per heavy atom. The third-order valence-corrected chi connectivity index (χ3v) is 3.22. The zero-order valence-electron chi connectivity index (χ0n) is 12.1. The van der Waals surface area contributed by atoms with Gasteiger partial charge in [-0.3, -0.25) is 0 Å². The lowest BCUT2D eigenvalue weighted by Gasteiger charge is -2.17. The summed E-state index contributed by atoms with van der Waals surface area (Å²) in [7, 11) is 4.22. The standard InChI is InChI=1S/C18H21N.ClH/c1-19(2)18(15-17-11-7-4-8-12-17)14-13-16-9-5-3-6-10-16;/h3-12,14H,13,15H2,1-2H3;1H. The number of rotatable bonds is 5. The minimum atomic E-state index is 0. The maximum absolute atomic E-state index is 2.32. The summed E-state index contributed by atoms with van der Waals surface area (Å²) in [6.45, 7) is 0. The molecule has 2 aromatic carbocycles. The molecule has 0 amide bonds. The van der Waals surface area contributed by atoms with E-state index in [0.29, 0.717) is 0 Å². The first-order chi connectivity index (χ1) is 9.25. The molecule has 0 aliphatic heterocycles. The predicted octanol–water partition coefficient (Wildman–Crippen LogP) is 4.34. The highest BCUT2D eigenvalue weighted by Crippen LogP contribution is 2.11. The summed E-state index contributed by atoms with van der Waals surface area (Å²) in [6, 6.07) is 21.2. The van der Waals surface area contributed by atoms with Gasteiger partial charge in [0.2, 0.25) is 0 Å². The molecule has 0 fully saturated rings. The van der Waals surface area contributed by atoms with E-state index < -0.39 is 0 Å². The van der Waals surface area contributed by atoms with E-state index in [9.17, 15) is 0 Å². The fraction of sp³-hybridized carbons (Fsp3) is 0.222. The van der Waals surface area contributed by atoms with Crippen LogP contribution in [0.3, 0.4) is 0 Å². The first kappa shape index (κ1) is 16.3. The van der Waals surface area contributed by atoms with Gasteiger partial charge in [-0.1, -0.05) is 66.7 Å². The van der Waals surface area contributed by atoms with Crippen LogP contribution in [0.25, 0.3) is 0 Å². The van der Waals surface area contributed by atoms with Gasteiger partial charge in [-0.2, -0.15) is 0 Å². The Morgan fingerprint density at radius 3 is 1.85 bits per heavy atom. The lowest BCUT2D eigenvalue weighted by Crippen LogP contribution is -2.13. The summed E-state index contributed by atoms with van der Waals surface area (Å²) in [5.41, 5.74) is 4.07. The second-order valence-electron chi connectivity index (χ2n) is 4.94. The smallest absolute Gasteiger partial charge is 0.0135 e. The van der Waals surface area contributed by atoms with Crippen molar-refractivity contribution >= 4 is 12.4 Å². The molecule has 2 heteroatoms. The third-order valence-electron chi connectivity index (χ3n) is 3.22. The lowest BCUT2D eigenvalue weighted by atomic mass is 10.1. The van der Waals surface area contributed by atoms with E-state index in [1.54, 1.807) is 0 Å². The van der Waals surface area contributed by atoms with Crippen LogP contribution in [0.1, 0.15) is 11.1 Å². The van der Waals surface area contributed by atoms with Crippen LogP contribution in [0.5, 0.6) is 0 Å². The number of hydrogen-bond acceptors (Lipinski definition) is 1. The molecule has 0 bridgehead atoms. The van der Waals surface area contributed by atoms with Crippen LogP contribution in [0.2, 0.25) is 0 Å². The maximum atomic E-state index is 2.32. The Kier molecular flexibility index (Phi) is 6.89. The summed E-state index contributed by atoms with van der Waals surface area (Å²) >= 11 is 0. The molecule has 0 N–H and O–H groups in total. The Balaban J connectivity index is 0.00000200. The Morgan fingerprint density at radius 2 is 1.35 bits per heavy atom. The third kappa shape index (κ3) is 5.10. The quantitative estimate of drug-likeness (QED) is 0.791. The van der Waals surface area contributed by atoms with Crippen LogP contribution < -0.4 is 0 Å². The molecule has 0 spiro atoms. The van der Waals surface area contributed by atoms with E-state index >= 15 is 0 Å². The van der Waals surface area contributed by atoms with Gasteiger partial charge in [0.25, 0.3) is 0 Å². The van der Waals surface area contributed by atoms with Crippen molar-refractivity contribution in [3.05, 3.63) is 83.6 Å². The largest absolute Gasteiger partial charge is 0.381 e. The van der Waals surface area contributed by atoms with Gasteiger partial charge in [0.05, 0.1) is 0 Å². The highest BCUT2D eigenvalue weighted by molar-refractivity contribution is 5.85. The minimum Gasteiger partial charge on any atom is -0.381 e. The fourth-order valence-corrected chi connectivity index (χ4v) is 2.07. The van der Waals surface area contributed by atoms with Crippen molar-refractivity contribution in [1.82, 2.24) is 4.90 Å². The zero-order valence-corrected chi connectivity index (χ0v) is 12.9. The molecule has 106 valence electrons. The summed E-state index contributed by atoms with van der Waals surface area (Å²) in [6.07, 6.45) is 4.30. The number of benzene rings is 2. The zero-order chi connectivity index (χ0) is 13.5. The molecule has 0 atom stereocenters. The van der Waals surface area contributed by atoms with Crippen molar-refractivity contribution in [2.75, 3.05) is 14.1 Å². The van der Waals surface area contributed by atoms with Crippen molar-refractivity contribution in [2.45, 2.75) is 12.8 Å². The van der Waals surface area contributed by atoms with Gasteiger partial charge in [-0.25, -0.2) is 0 Å². The Bertz CT molecular complexity index is 518. The molecule has 0 unspecified atom stereocenters. The lowest BCUT2D eigenvalue weighted by molar-refractivity contribution is 0.496. The summed E-state index contributed by atoms with van der Waals surface area (Å²) in [5, 5.41) is 0. The summed E-state index contributed by atoms with van der Waals surface area (Å²) in [4.78, 5) is 2.20. The molecular formula is C18H22ClN. The van der Waals surface area contributed by atoms with E-state index in [1.807, 2.05) is 0 Å². The molecule has 20 heavy (non-hydrogen) atoms. The van der Waals surface area contributed by atoms with Crippen molar-refractivity contribution < 1.29 is 0 Å². The molecule has 0 aromatic heterocycles. The number of likely N-dealkylation sites (N-methyl/N-ethyl adjacent to an activating group) is 1. The molecule has 2 aromatic rings. The topological polar surface area (TPSA) is 3.24 Å². The average molecular weight is 288 g/mol. The van der Waals surface area contributed by atoms with Crippen molar-refractivity contribution in [3.63, 3.8) is 0 Å². The van der Waals surface area contributed by atoms with Gasteiger partial charge in [0.1, 0.15) is 0 Å². The number of allylic oxidation sites excluding steroid dienone is 2. The fourth-order valence-electron chi connectivity index (χ4n) is 2.07. The van der Waals surface area contributed by atoms with Crippen LogP contribution in [-0.2, 0) is 12.8 Å². The number of halogens is 1. The van der Waals surface area contributed by atoms with Crippen LogP contribution in [-0.4, -0.2) is 19.0 Å². The van der Waals surface area contributed by atoms with Crippen LogP contribution in [0.15, 0.2) is 72.4 Å². The van der Waals surface area contributed by atoms with Crippen molar-refractivity contribution in [3.8, 4) is 0 Å². The van der Waals surface area contributed by atoms with Gasteiger partial charge in [-0.05, 0) is 17.5 Å². The van der Waals surface area contributed by atoms with E-state index in [2.05, 4.69) is 85.7 Å². The maximum Gasteiger partial charge on any atom is 0.0135 e. The second kappa shape index (κ2) is 8.44. The normalized spacial score (nSPS) is 10.8. The molecule has 0 saturated heterocycles. The Hall–Kier alpha value is -1.73. The average Bonchev–Trinajstić information content (AvgIpc) is 2.45. The van der Waals surface area contributed by atoms with E-state index in [4.69, 9.17) is 0 Å². The number of hydrogen-bond donors (Lipinski definition) is 0. The monoisotopic (exact) mass is 287 g/mol. The van der Waals surface area contributed by atoms with Gasteiger partial charge in [0, 0.05) is 26.2 Å². The molecule has 0 heterocycles. The highest BCUT2D eigenvalue weighted by Gasteiger charge is 2.01. The summed E-state index contributed by atoms with van der Waals surface area (Å²) < 4.78 is 0. The second-order valence-corrected chi connectivity index (χ2v) is 4.94. The molecule has 0 aliphatic rings. The minimum absolute atomic E-state index is 0. The molecule has 0 saturated carbocycles. The molecule has 0 aliphatic carbocycles. The highest BCUT2D eigenvalue weighted by atomic mass is 35.5. The molecule has 2 rings (SSSR count). The summed E-state index contributed by atoms with van der Waals surface area (Å²) in [5.74, 6) is 0. The van der Waals surface area contributed by atoms with Crippen molar-refractivity contribution in [1.29, 1.82) is 0 Å². The van der Waals surface area contributed by atoms with Crippen LogP contribution in [0, 0.1) is 0 Å². The first-order valence-corrected chi connectivity index (χ1v) is 6.70. The van der Waals surface area contributed by atoms with Crippen LogP contribution in [0.4, 0.5) is 0 Å². The SMILES string of the molecule is CN(C)C(=CCc1ccccc1)Cc1ccccc1.Cl. The Labute approximate surface area is 128 Å². The van der Waals surface area contributed by atoms with E-state index in [0.717, 1.165) is 12.8 Å². The molecule has 0 radical (unpaired) electrons. The van der Waals surface area contributed by atoms with Gasteiger partial charge in [0.15, 0.2) is 0 Å².